The fraction of sp³-hybridized carbons (Fsp3) is 0.100. The standard InChI is InChI=1S/C10H8N2O3/c1-5-2-3-11-9-8(5)7(13)4-6(12-9)10(14)15/h2-4H,1H3,(H,14,15)(H,11,12,13). The highest BCUT2D eigenvalue weighted by Gasteiger charge is 2.09. The van der Waals surface area contributed by atoms with Crippen LogP contribution in [0.5, 0.6) is 0 Å². The van der Waals surface area contributed by atoms with Gasteiger partial charge in [-0.3, -0.25) is 4.79 Å². The third-order valence-corrected chi connectivity index (χ3v) is 2.16. The molecule has 0 atom stereocenters. The lowest BCUT2D eigenvalue weighted by molar-refractivity contribution is 0.0690. The molecule has 0 aromatic carbocycles. The second-order valence-electron chi connectivity index (χ2n) is 3.20. The molecular weight excluding hydrogens is 196 g/mol. The number of aromatic carboxylic acids is 1. The lowest BCUT2D eigenvalue weighted by Crippen LogP contribution is -2.11. The van der Waals surface area contributed by atoms with E-state index in [1.807, 2.05) is 0 Å². The quantitative estimate of drug-likeness (QED) is 0.723. The fourth-order valence-corrected chi connectivity index (χ4v) is 1.45. The van der Waals surface area contributed by atoms with Gasteiger partial charge in [-0.25, -0.2) is 9.78 Å². The van der Waals surface area contributed by atoms with Crippen LogP contribution in [-0.2, 0) is 0 Å². The molecule has 5 nitrogen and oxygen atoms in total. The Balaban J connectivity index is 2.91. The molecule has 0 aliphatic heterocycles. The van der Waals surface area contributed by atoms with Crippen molar-refractivity contribution in [1.29, 1.82) is 0 Å². The van der Waals surface area contributed by atoms with Gasteiger partial charge in [0.25, 0.3) is 0 Å². The van der Waals surface area contributed by atoms with Crippen LogP contribution in [0, 0.1) is 6.92 Å². The highest BCUT2D eigenvalue weighted by atomic mass is 16.4. The summed E-state index contributed by atoms with van der Waals surface area (Å²) in [7, 11) is 0. The Labute approximate surface area is 84.4 Å². The number of pyridine rings is 2. The first-order valence-electron chi connectivity index (χ1n) is 4.31. The van der Waals surface area contributed by atoms with E-state index in [0.717, 1.165) is 11.6 Å². The number of aryl methyl sites for hydroxylation is 1. The number of carbonyl (C=O) groups is 1. The van der Waals surface area contributed by atoms with E-state index in [9.17, 15) is 9.59 Å². The molecule has 0 saturated carbocycles. The zero-order valence-electron chi connectivity index (χ0n) is 7.94. The molecule has 2 heterocycles. The normalized spacial score (nSPS) is 10.5. The number of nitrogens with one attached hydrogen (secondary N) is 1. The molecule has 76 valence electrons. The molecule has 0 saturated heterocycles. The average Bonchev–Trinajstić information content (AvgIpc) is 2.17. The molecule has 0 aliphatic carbocycles. The van der Waals surface area contributed by atoms with Crippen LogP contribution in [0.3, 0.4) is 0 Å². The Morgan fingerprint density at radius 1 is 1.53 bits per heavy atom. The highest BCUT2D eigenvalue weighted by Crippen LogP contribution is 2.09. The van der Waals surface area contributed by atoms with Gasteiger partial charge < -0.3 is 10.1 Å². The zero-order chi connectivity index (χ0) is 11.0. The second-order valence-corrected chi connectivity index (χ2v) is 3.20. The van der Waals surface area contributed by atoms with Gasteiger partial charge in [0.2, 0.25) is 0 Å². The van der Waals surface area contributed by atoms with Gasteiger partial charge in [0.05, 0.1) is 5.39 Å². The summed E-state index contributed by atoms with van der Waals surface area (Å²) in [6.45, 7) is 1.78. The zero-order valence-corrected chi connectivity index (χ0v) is 7.94. The van der Waals surface area contributed by atoms with Gasteiger partial charge in [0.15, 0.2) is 5.43 Å². The van der Waals surface area contributed by atoms with Gasteiger partial charge >= 0.3 is 5.97 Å². The first kappa shape index (κ1) is 9.39. The van der Waals surface area contributed by atoms with E-state index < -0.39 is 5.97 Å². The molecule has 0 amide bonds. The first-order chi connectivity index (χ1) is 7.09. The molecule has 0 spiro atoms. The molecule has 5 heteroatoms. The van der Waals surface area contributed by atoms with Crippen molar-refractivity contribution < 1.29 is 9.90 Å². The Morgan fingerprint density at radius 3 is 2.93 bits per heavy atom. The summed E-state index contributed by atoms with van der Waals surface area (Å²) in [6, 6.07) is 2.78. The van der Waals surface area contributed by atoms with Crippen LogP contribution in [0.1, 0.15) is 16.1 Å². The number of aromatic amines is 1. The summed E-state index contributed by atoms with van der Waals surface area (Å²) in [4.78, 5) is 28.8. The maximum Gasteiger partial charge on any atom is 0.352 e. The van der Waals surface area contributed by atoms with Crippen molar-refractivity contribution >= 4 is 17.0 Å². The van der Waals surface area contributed by atoms with Crippen LogP contribution in [0.15, 0.2) is 23.1 Å². The summed E-state index contributed by atoms with van der Waals surface area (Å²) >= 11 is 0. The summed E-state index contributed by atoms with van der Waals surface area (Å²) in [5, 5.41) is 9.17. The Bertz CT molecular complexity index is 601. The molecule has 0 unspecified atom stereocenters. The predicted molar refractivity (Wildman–Crippen MR) is 54.1 cm³/mol. The average molecular weight is 204 g/mol. The Kier molecular flexibility index (Phi) is 2.00. The molecule has 2 aromatic rings. The minimum absolute atomic E-state index is 0.148. The van der Waals surface area contributed by atoms with Crippen LogP contribution >= 0.6 is 0 Å². The van der Waals surface area contributed by atoms with E-state index >= 15 is 0 Å². The van der Waals surface area contributed by atoms with Gasteiger partial charge in [-0.1, -0.05) is 0 Å². The Morgan fingerprint density at radius 2 is 2.27 bits per heavy atom. The van der Waals surface area contributed by atoms with Crippen molar-refractivity contribution in [3.05, 3.63) is 39.8 Å². The number of nitrogens with zero attached hydrogens (tertiary/aromatic N) is 1. The summed E-state index contributed by atoms with van der Waals surface area (Å²) in [5.41, 5.74) is 0.607. The van der Waals surface area contributed by atoms with E-state index in [1.165, 1.54) is 6.20 Å². The number of hydrogen-bond acceptors (Lipinski definition) is 3. The van der Waals surface area contributed by atoms with Gasteiger partial charge in [-0.05, 0) is 18.6 Å². The third-order valence-electron chi connectivity index (χ3n) is 2.16. The lowest BCUT2D eigenvalue weighted by atomic mass is 10.1. The maximum absolute atomic E-state index is 11.6. The number of fused-ring (bicyclic) bond motifs is 1. The molecule has 0 aliphatic rings. The number of hydrogen-bond donors (Lipinski definition) is 2. The monoisotopic (exact) mass is 204 g/mol. The number of rotatable bonds is 1. The molecule has 15 heavy (non-hydrogen) atoms. The predicted octanol–water partition coefficient (Wildman–Crippen LogP) is 0.930. The van der Waals surface area contributed by atoms with Crippen molar-refractivity contribution in [2.75, 3.05) is 0 Å². The van der Waals surface area contributed by atoms with Crippen molar-refractivity contribution in [1.82, 2.24) is 9.97 Å². The molecular formula is C10H8N2O3. The molecule has 0 radical (unpaired) electrons. The van der Waals surface area contributed by atoms with Crippen LogP contribution in [0.4, 0.5) is 0 Å². The SMILES string of the molecule is Cc1ccnc2[nH]c(C(=O)O)cc(=O)c12. The fourth-order valence-electron chi connectivity index (χ4n) is 1.45. The minimum Gasteiger partial charge on any atom is -0.477 e. The summed E-state index contributed by atoms with van der Waals surface area (Å²) < 4.78 is 0. The molecule has 0 bridgehead atoms. The van der Waals surface area contributed by atoms with Crippen molar-refractivity contribution in [2.24, 2.45) is 0 Å². The smallest absolute Gasteiger partial charge is 0.352 e. The van der Waals surface area contributed by atoms with Gasteiger partial charge in [0, 0.05) is 12.3 Å². The van der Waals surface area contributed by atoms with Crippen molar-refractivity contribution in [3.63, 3.8) is 0 Å². The third kappa shape index (κ3) is 1.48. The molecule has 2 N–H and O–H groups in total. The minimum atomic E-state index is -1.17. The first-order valence-corrected chi connectivity index (χ1v) is 4.31. The van der Waals surface area contributed by atoms with Gasteiger partial charge in [-0.2, -0.15) is 0 Å². The van der Waals surface area contributed by atoms with Crippen molar-refractivity contribution in [2.45, 2.75) is 6.92 Å². The van der Waals surface area contributed by atoms with E-state index in [4.69, 9.17) is 5.11 Å². The number of carboxylic acid groups (broad SMARTS) is 1. The molecule has 2 rings (SSSR count). The largest absolute Gasteiger partial charge is 0.477 e. The van der Waals surface area contributed by atoms with Crippen LogP contribution in [0.2, 0.25) is 0 Å². The topological polar surface area (TPSA) is 83.1 Å². The molecule has 2 aromatic heterocycles. The van der Waals surface area contributed by atoms with E-state index in [2.05, 4.69) is 9.97 Å². The van der Waals surface area contributed by atoms with Crippen LogP contribution in [-0.4, -0.2) is 21.0 Å². The summed E-state index contributed by atoms with van der Waals surface area (Å²) in [5.74, 6) is -1.17. The summed E-state index contributed by atoms with van der Waals surface area (Å²) in [6.07, 6.45) is 1.53. The van der Waals surface area contributed by atoms with Gasteiger partial charge in [0.1, 0.15) is 11.3 Å². The van der Waals surface area contributed by atoms with E-state index in [1.54, 1.807) is 13.0 Å². The number of H-pyrrole nitrogens is 1. The molecule has 0 fully saturated rings. The highest BCUT2D eigenvalue weighted by molar-refractivity contribution is 5.89. The number of carboxylic acids is 1. The van der Waals surface area contributed by atoms with E-state index in [-0.39, 0.29) is 11.1 Å². The van der Waals surface area contributed by atoms with Crippen LogP contribution < -0.4 is 5.43 Å². The number of aromatic nitrogens is 2. The van der Waals surface area contributed by atoms with Gasteiger partial charge in [-0.15, -0.1) is 0 Å². The maximum atomic E-state index is 11.6. The second kappa shape index (κ2) is 3.20. The lowest BCUT2D eigenvalue weighted by Gasteiger charge is -2.01. The van der Waals surface area contributed by atoms with Crippen LogP contribution in [0.25, 0.3) is 11.0 Å². The van der Waals surface area contributed by atoms with Crippen molar-refractivity contribution in [3.8, 4) is 0 Å². The Hall–Kier alpha value is -2.17. The van der Waals surface area contributed by atoms with E-state index in [0.29, 0.717) is 11.0 Å².